The molecule has 0 aliphatic carbocycles. The van der Waals surface area contributed by atoms with Gasteiger partial charge in [-0.3, -0.25) is 4.79 Å². The first-order chi connectivity index (χ1) is 13.0. The fraction of sp³-hybridized carbons (Fsp3) is 0.333. The second-order valence-electron chi connectivity index (χ2n) is 6.07. The van der Waals surface area contributed by atoms with Crippen molar-refractivity contribution in [1.82, 2.24) is 19.7 Å². The van der Waals surface area contributed by atoms with Crippen molar-refractivity contribution in [3.05, 3.63) is 52.3 Å². The number of nitrogens with zero attached hydrogens (tertiary/aromatic N) is 4. The van der Waals surface area contributed by atoms with Crippen LogP contribution in [0.4, 0.5) is 5.13 Å². The molecule has 6 nitrogen and oxygen atoms in total. The number of thiazole rings is 1. The van der Waals surface area contributed by atoms with E-state index in [1.54, 1.807) is 11.8 Å². The van der Waals surface area contributed by atoms with Gasteiger partial charge in [0.25, 0.3) is 0 Å². The monoisotopic (exact) mass is 419 g/mol. The van der Waals surface area contributed by atoms with Crippen molar-refractivity contribution >= 4 is 45.9 Å². The average molecular weight is 420 g/mol. The summed E-state index contributed by atoms with van der Waals surface area (Å²) in [4.78, 5) is 16.3. The van der Waals surface area contributed by atoms with Gasteiger partial charge in [0.1, 0.15) is 5.82 Å². The third-order valence-corrected chi connectivity index (χ3v) is 6.64. The van der Waals surface area contributed by atoms with Gasteiger partial charge in [-0.2, -0.15) is 0 Å². The Balaban J connectivity index is 1.46. The molecule has 0 aliphatic heterocycles. The van der Waals surface area contributed by atoms with Crippen molar-refractivity contribution in [3.8, 4) is 0 Å². The lowest BCUT2D eigenvalue weighted by Crippen LogP contribution is -2.14. The van der Waals surface area contributed by atoms with E-state index in [4.69, 9.17) is 0 Å². The number of thioether (sulfide) groups is 2. The van der Waals surface area contributed by atoms with Crippen LogP contribution in [0.25, 0.3) is 0 Å². The lowest BCUT2D eigenvalue weighted by Gasteiger charge is -2.05. The Labute approximate surface area is 171 Å². The number of hydrogen-bond donors (Lipinski definition) is 1. The number of rotatable bonds is 8. The molecule has 1 N–H and O–H groups in total. The SMILES string of the molecule is Cc1ccc(CSCc2nnc(SCC(=O)Nc3nc(C)cs3)n2C)cc1. The van der Waals surface area contributed by atoms with Crippen molar-refractivity contribution in [1.29, 1.82) is 0 Å². The van der Waals surface area contributed by atoms with E-state index in [1.807, 2.05) is 23.9 Å². The number of benzene rings is 1. The Morgan fingerprint density at radius 2 is 1.96 bits per heavy atom. The first-order valence-corrected chi connectivity index (χ1v) is 11.4. The quantitative estimate of drug-likeness (QED) is 0.555. The topological polar surface area (TPSA) is 72.7 Å². The largest absolute Gasteiger partial charge is 0.308 e. The van der Waals surface area contributed by atoms with Crippen LogP contribution in [0.2, 0.25) is 0 Å². The van der Waals surface area contributed by atoms with Gasteiger partial charge in [-0.15, -0.1) is 33.3 Å². The van der Waals surface area contributed by atoms with E-state index in [1.165, 1.54) is 34.2 Å². The zero-order chi connectivity index (χ0) is 19.2. The number of aryl methyl sites for hydroxylation is 2. The molecule has 0 bridgehead atoms. The molecule has 0 fully saturated rings. The molecular weight excluding hydrogens is 398 g/mol. The molecule has 3 rings (SSSR count). The number of carbonyl (C=O) groups excluding carboxylic acids is 1. The van der Waals surface area contributed by atoms with Crippen molar-refractivity contribution in [2.45, 2.75) is 30.5 Å². The fourth-order valence-electron chi connectivity index (χ4n) is 2.24. The van der Waals surface area contributed by atoms with E-state index >= 15 is 0 Å². The molecule has 27 heavy (non-hydrogen) atoms. The number of carbonyl (C=O) groups is 1. The van der Waals surface area contributed by atoms with Crippen LogP contribution >= 0.6 is 34.9 Å². The highest BCUT2D eigenvalue weighted by molar-refractivity contribution is 7.99. The van der Waals surface area contributed by atoms with E-state index in [2.05, 4.69) is 51.7 Å². The van der Waals surface area contributed by atoms with Gasteiger partial charge in [0.2, 0.25) is 5.91 Å². The van der Waals surface area contributed by atoms with Crippen LogP contribution < -0.4 is 5.32 Å². The van der Waals surface area contributed by atoms with Crippen LogP contribution in [0.5, 0.6) is 0 Å². The maximum absolute atomic E-state index is 12.0. The molecule has 0 spiro atoms. The number of aromatic nitrogens is 4. The summed E-state index contributed by atoms with van der Waals surface area (Å²) in [6, 6.07) is 8.57. The van der Waals surface area contributed by atoms with Crippen LogP contribution in [0, 0.1) is 13.8 Å². The van der Waals surface area contributed by atoms with Gasteiger partial charge in [-0.05, 0) is 19.4 Å². The lowest BCUT2D eigenvalue weighted by molar-refractivity contribution is -0.113. The molecule has 2 heterocycles. The Morgan fingerprint density at radius 3 is 2.67 bits per heavy atom. The minimum absolute atomic E-state index is 0.0901. The second-order valence-corrected chi connectivity index (χ2v) is 8.85. The first-order valence-electron chi connectivity index (χ1n) is 8.37. The van der Waals surface area contributed by atoms with Crippen molar-refractivity contribution in [2.24, 2.45) is 7.05 Å². The molecule has 0 unspecified atom stereocenters. The van der Waals surface area contributed by atoms with Gasteiger partial charge in [0.05, 0.1) is 17.2 Å². The summed E-state index contributed by atoms with van der Waals surface area (Å²) in [5, 5.41) is 14.5. The maximum atomic E-state index is 12.0. The Bertz CT molecular complexity index is 904. The summed E-state index contributed by atoms with van der Waals surface area (Å²) >= 11 is 4.61. The lowest BCUT2D eigenvalue weighted by atomic mass is 10.2. The highest BCUT2D eigenvalue weighted by Crippen LogP contribution is 2.21. The van der Waals surface area contributed by atoms with Crippen LogP contribution in [0.1, 0.15) is 22.6 Å². The van der Waals surface area contributed by atoms with E-state index in [0.29, 0.717) is 5.13 Å². The molecule has 0 radical (unpaired) electrons. The van der Waals surface area contributed by atoms with Crippen LogP contribution in [-0.4, -0.2) is 31.4 Å². The van der Waals surface area contributed by atoms with Gasteiger partial charge in [0, 0.05) is 18.2 Å². The van der Waals surface area contributed by atoms with Crippen molar-refractivity contribution in [3.63, 3.8) is 0 Å². The molecule has 1 aromatic carbocycles. The highest BCUT2D eigenvalue weighted by Gasteiger charge is 2.12. The van der Waals surface area contributed by atoms with Gasteiger partial charge >= 0.3 is 0 Å². The third-order valence-electron chi connectivity index (χ3n) is 3.74. The predicted molar refractivity (Wildman–Crippen MR) is 113 cm³/mol. The van der Waals surface area contributed by atoms with Crippen LogP contribution in [-0.2, 0) is 23.3 Å². The minimum atomic E-state index is -0.0901. The smallest absolute Gasteiger partial charge is 0.236 e. The first kappa shape index (κ1) is 19.9. The molecule has 0 atom stereocenters. The molecule has 142 valence electrons. The maximum Gasteiger partial charge on any atom is 0.236 e. The van der Waals surface area contributed by atoms with Crippen molar-refractivity contribution in [2.75, 3.05) is 11.1 Å². The molecule has 0 saturated heterocycles. The third kappa shape index (κ3) is 5.82. The predicted octanol–water partition coefficient (Wildman–Crippen LogP) is 4.05. The summed E-state index contributed by atoms with van der Waals surface area (Å²) in [7, 11) is 1.94. The zero-order valence-corrected chi connectivity index (χ0v) is 17.9. The standard InChI is InChI=1S/C18H21N5OS3/c1-12-4-6-14(7-5-12)9-25-10-15-21-22-18(23(15)3)27-11-16(24)20-17-19-13(2)8-26-17/h4-8H,9-11H2,1-3H3,(H,19,20,24). The number of anilines is 1. The van der Waals surface area contributed by atoms with Gasteiger partial charge in [-0.25, -0.2) is 4.98 Å². The summed E-state index contributed by atoms with van der Waals surface area (Å²) in [5.41, 5.74) is 3.48. The Kier molecular flexibility index (Phi) is 6.92. The van der Waals surface area contributed by atoms with E-state index in [-0.39, 0.29) is 11.7 Å². The highest BCUT2D eigenvalue weighted by atomic mass is 32.2. The molecule has 0 aliphatic rings. The zero-order valence-electron chi connectivity index (χ0n) is 15.4. The minimum Gasteiger partial charge on any atom is -0.308 e. The molecule has 1 amide bonds. The summed E-state index contributed by atoms with van der Waals surface area (Å²) < 4.78 is 1.95. The summed E-state index contributed by atoms with van der Waals surface area (Å²) in [6.45, 7) is 3.99. The molecule has 9 heteroatoms. The molecule has 0 saturated carbocycles. The summed E-state index contributed by atoms with van der Waals surface area (Å²) in [6.07, 6.45) is 0. The van der Waals surface area contributed by atoms with Crippen LogP contribution in [0.3, 0.4) is 0 Å². The number of amides is 1. The summed E-state index contributed by atoms with van der Waals surface area (Å²) in [5.74, 6) is 2.81. The van der Waals surface area contributed by atoms with Gasteiger partial charge in [-0.1, -0.05) is 41.6 Å². The van der Waals surface area contributed by atoms with Crippen molar-refractivity contribution < 1.29 is 4.79 Å². The second kappa shape index (κ2) is 9.38. The number of nitrogens with one attached hydrogen (secondary N) is 1. The van der Waals surface area contributed by atoms with E-state index < -0.39 is 0 Å². The van der Waals surface area contributed by atoms with E-state index in [9.17, 15) is 4.79 Å². The molecular formula is C18H21N5OS3. The van der Waals surface area contributed by atoms with Crippen LogP contribution in [0.15, 0.2) is 34.8 Å². The number of hydrogen-bond acceptors (Lipinski definition) is 7. The average Bonchev–Trinajstić information content (AvgIpc) is 3.21. The van der Waals surface area contributed by atoms with E-state index in [0.717, 1.165) is 28.2 Å². The Morgan fingerprint density at radius 1 is 1.19 bits per heavy atom. The molecule has 3 aromatic rings. The Hall–Kier alpha value is -1.84. The normalized spacial score (nSPS) is 10.9. The van der Waals surface area contributed by atoms with Gasteiger partial charge < -0.3 is 9.88 Å². The fourth-order valence-corrected chi connectivity index (χ4v) is 4.64. The molecule has 2 aromatic heterocycles. The van der Waals surface area contributed by atoms with Gasteiger partial charge in [0.15, 0.2) is 10.3 Å².